The Hall–Kier alpha value is -2.37. The molecule has 5 nitrogen and oxygen atoms in total. The fraction of sp³-hybridized carbons (Fsp3) is 0.263. The molecule has 2 aromatic rings. The molecular formula is C19H20ClNO4. The first kappa shape index (κ1) is 19.0. The van der Waals surface area contributed by atoms with Gasteiger partial charge in [0.2, 0.25) is 0 Å². The zero-order valence-electron chi connectivity index (χ0n) is 14.1. The Morgan fingerprint density at radius 1 is 1.08 bits per heavy atom. The van der Waals surface area contributed by atoms with Gasteiger partial charge in [0.15, 0.2) is 6.10 Å². The summed E-state index contributed by atoms with van der Waals surface area (Å²) in [7, 11) is 2.73. The molecule has 2 aromatic carbocycles. The highest BCUT2D eigenvalue weighted by Crippen LogP contribution is 2.18. The van der Waals surface area contributed by atoms with E-state index in [1.807, 2.05) is 24.3 Å². The van der Waals surface area contributed by atoms with Crippen LogP contribution in [0.4, 0.5) is 0 Å². The second kappa shape index (κ2) is 9.20. The first-order chi connectivity index (χ1) is 12.0. The highest BCUT2D eigenvalue weighted by molar-refractivity contribution is 6.30. The minimum atomic E-state index is -0.836. The lowest BCUT2D eigenvalue weighted by molar-refractivity contribution is -0.146. The number of halogens is 1. The molecule has 0 aliphatic rings. The number of carbonyl (C=O) groups excluding carboxylic acids is 2. The predicted molar refractivity (Wildman–Crippen MR) is 95.3 cm³/mol. The third kappa shape index (κ3) is 5.31. The summed E-state index contributed by atoms with van der Waals surface area (Å²) in [6, 6.07) is 15.3. The maximum absolute atomic E-state index is 12.6. The van der Waals surface area contributed by atoms with E-state index in [0.717, 1.165) is 5.56 Å². The number of esters is 1. The average Bonchev–Trinajstić information content (AvgIpc) is 2.62. The lowest BCUT2D eigenvalue weighted by Crippen LogP contribution is -2.45. The fourth-order valence-electron chi connectivity index (χ4n) is 2.50. The van der Waals surface area contributed by atoms with Gasteiger partial charge < -0.3 is 14.8 Å². The maximum atomic E-state index is 12.6. The number of carbonyl (C=O) groups is 2. The largest absolute Gasteiger partial charge is 0.467 e. The van der Waals surface area contributed by atoms with Crippen molar-refractivity contribution in [3.8, 4) is 0 Å². The van der Waals surface area contributed by atoms with Gasteiger partial charge in [-0.15, -0.1) is 0 Å². The molecule has 1 amide bonds. The molecule has 0 bridgehead atoms. The van der Waals surface area contributed by atoms with Crippen LogP contribution in [0.25, 0.3) is 0 Å². The van der Waals surface area contributed by atoms with Gasteiger partial charge in [-0.05, 0) is 23.3 Å². The SMILES string of the molecule is COC(=O)[C@@H](Cc1cccc(Cl)c1)NC(=O)[C@H](OC)c1ccccc1. The summed E-state index contributed by atoms with van der Waals surface area (Å²) in [4.78, 5) is 24.7. The van der Waals surface area contributed by atoms with E-state index in [9.17, 15) is 9.59 Å². The molecule has 2 atom stereocenters. The zero-order valence-corrected chi connectivity index (χ0v) is 14.8. The Labute approximate surface area is 151 Å². The lowest BCUT2D eigenvalue weighted by Gasteiger charge is -2.21. The van der Waals surface area contributed by atoms with E-state index in [1.54, 1.807) is 30.3 Å². The molecule has 0 fully saturated rings. The van der Waals surface area contributed by atoms with E-state index < -0.39 is 24.0 Å². The van der Waals surface area contributed by atoms with E-state index in [-0.39, 0.29) is 6.42 Å². The van der Waals surface area contributed by atoms with Gasteiger partial charge in [-0.25, -0.2) is 4.79 Å². The van der Waals surface area contributed by atoms with Crippen molar-refractivity contribution in [2.24, 2.45) is 0 Å². The first-order valence-electron chi connectivity index (χ1n) is 7.75. The van der Waals surface area contributed by atoms with E-state index in [0.29, 0.717) is 10.6 Å². The van der Waals surface area contributed by atoms with Gasteiger partial charge in [0.05, 0.1) is 7.11 Å². The van der Waals surface area contributed by atoms with Crippen molar-refractivity contribution in [2.75, 3.05) is 14.2 Å². The van der Waals surface area contributed by atoms with Crippen LogP contribution in [-0.2, 0) is 25.5 Å². The highest BCUT2D eigenvalue weighted by Gasteiger charge is 2.27. The van der Waals surface area contributed by atoms with Gasteiger partial charge in [-0.2, -0.15) is 0 Å². The number of benzene rings is 2. The summed E-state index contributed by atoms with van der Waals surface area (Å²) in [6.45, 7) is 0. The maximum Gasteiger partial charge on any atom is 0.328 e. The van der Waals surface area contributed by atoms with Crippen molar-refractivity contribution < 1.29 is 19.1 Å². The molecule has 0 aliphatic carbocycles. The second-order valence-electron chi connectivity index (χ2n) is 5.44. The van der Waals surface area contributed by atoms with Crippen molar-refractivity contribution in [3.05, 3.63) is 70.7 Å². The highest BCUT2D eigenvalue weighted by atomic mass is 35.5. The standard InChI is InChI=1S/C19H20ClNO4/c1-24-17(14-8-4-3-5-9-14)18(22)21-16(19(23)25-2)12-13-7-6-10-15(20)11-13/h3-11,16-17H,12H2,1-2H3,(H,21,22)/t16-,17-/m1/s1. The Balaban J connectivity index is 2.15. The molecule has 25 heavy (non-hydrogen) atoms. The van der Waals surface area contributed by atoms with Gasteiger partial charge in [-0.3, -0.25) is 4.79 Å². The van der Waals surface area contributed by atoms with Gasteiger partial charge >= 0.3 is 5.97 Å². The minimum Gasteiger partial charge on any atom is -0.467 e. The van der Waals surface area contributed by atoms with Crippen LogP contribution >= 0.6 is 11.6 Å². The van der Waals surface area contributed by atoms with Crippen LogP contribution in [0.1, 0.15) is 17.2 Å². The predicted octanol–water partition coefficient (Wildman–Crippen LogP) is 2.93. The normalized spacial score (nSPS) is 12.9. The molecule has 0 aromatic heterocycles. The molecular weight excluding hydrogens is 342 g/mol. The van der Waals surface area contributed by atoms with Gasteiger partial charge in [0, 0.05) is 18.6 Å². The molecule has 0 aliphatic heterocycles. The molecule has 6 heteroatoms. The smallest absolute Gasteiger partial charge is 0.328 e. The van der Waals surface area contributed by atoms with Gasteiger partial charge in [0.1, 0.15) is 6.04 Å². The van der Waals surface area contributed by atoms with Crippen LogP contribution in [-0.4, -0.2) is 32.1 Å². The van der Waals surface area contributed by atoms with E-state index in [4.69, 9.17) is 21.1 Å². The first-order valence-corrected chi connectivity index (χ1v) is 8.13. The van der Waals surface area contributed by atoms with Crippen LogP contribution < -0.4 is 5.32 Å². The van der Waals surface area contributed by atoms with Crippen molar-refractivity contribution >= 4 is 23.5 Å². The Morgan fingerprint density at radius 3 is 2.40 bits per heavy atom. The molecule has 132 valence electrons. The van der Waals surface area contributed by atoms with Crippen LogP contribution in [0.5, 0.6) is 0 Å². The summed E-state index contributed by atoms with van der Waals surface area (Å²) < 4.78 is 10.1. The summed E-state index contributed by atoms with van der Waals surface area (Å²) in [5.41, 5.74) is 1.52. The van der Waals surface area contributed by atoms with Crippen LogP contribution in [0.2, 0.25) is 5.02 Å². The molecule has 0 saturated carbocycles. The van der Waals surface area contributed by atoms with Crippen LogP contribution in [0, 0.1) is 0 Å². The summed E-state index contributed by atoms with van der Waals surface area (Å²) in [5, 5.41) is 3.27. The van der Waals surface area contributed by atoms with E-state index in [2.05, 4.69) is 5.32 Å². The number of hydrogen-bond acceptors (Lipinski definition) is 4. The zero-order chi connectivity index (χ0) is 18.2. The van der Waals surface area contributed by atoms with Crippen LogP contribution in [0.15, 0.2) is 54.6 Å². The number of methoxy groups -OCH3 is 2. The van der Waals surface area contributed by atoms with Gasteiger partial charge in [0.25, 0.3) is 5.91 Å². The molecule has 1 N–H and O–H groups in total. The number of rotatable bonds is 7. The minimum absolute atomic E-state index is 0.268. The molecule has 0 spiro atoms. The number of ether oxygens (including phenoxy) is 2. The van der Waals surface area contributed by atoms with Crippen molar-refractivity contribution in [1.29, 1.82) is 0 Å². The molecule has 0 radical (unpaired) electrons. The Morgan fingerprint density at radius 2 is 1.80 bits per heavy atom. The molecule has 0 unspecified atom stereocenters. The summed E-state index contributed by atoms with van der Waals surface area (Å²) in [5.74, 6) is -0.942. The molecule has 0 heterocycles. The number of nitrogens with one attached hydrogen (secondary N) is 1. The topological polar surface area (TPSA) is 64.6 Å². The van der Waals surface area contributed by atoms with E-state index >= 15 is 0 Å². The number of amides is 1. The van der Waals surface area contributed by atoms with Crippen molar-refractivity contribution in [3.63, 3.8) is 0 Å². The Bertz CT molecular complexity index is 720. The summed E-state index contributed by atoms with van der Waals surface area (Å²) in [6.07, 6.45) is -0.544. The van der Waals surface area contributed by atoms with E-state index in [1.165, 1.54) is 14.2 Å². The average molecular weight is 362 g/mol. The fourth-order valence-corrected chi connectivity index (χ4v) is 2.72. The quantitative estimate of drug-likeness (QED) is 0.770. The summed E-state index contributed by atoms with van der Waals surface area (Å²) >= 11 is 5.98. The molecule has 2 rings (SSSR count). The number of hydrogen-bond donors (Lipinski definition) is 1. The third-order valence-corrected chi connectivity index (χ3v) is 3.94. The lowest BCUT2D eigenvalue weighted by atomic mass is 10.0. The second-order valence-corrected chi connectivity index (χ2v) is 5.88. The van der Waals surface area contributed by atoms with Crippen molar-refractivity contribution in [2.45, 2.75) is 18.6 Å². The van der Waals surface area contributed by atoms with Crippen molar-refractivity contribution in [1.82, 2.24) is 5.32 Å². The van der Waals surface area contributed by atoms with Gasteiger partial charge in [-0.1, -0.05) is 54.1 Å². The monoisotopic (exact) mass is 361 g/mol. The molecule has 0 saturated heterocycles. The third-order valence-electron chi connectivity index (χ3n) is 3.71. The Kier molecular flexibility index (Phi) is 6.98. The van der Waals surface area contributed by atoms with Crippen LogP contribution in [0.3, 0.4) is 0 Å².